The topological polar surface area (TPSA) is 12.0 Å². The van der Waals surface area contributed by atoms with Gasteiger partial charge in [-0.15, -0.1) is 0 Å². The van der Waals surface area contributed by atoms with Crippen molar-refractivity contribution in [3.8, 4) is 0 Å². The second-order valence-corrected chi connectivity index (χ2v) is 4.30. The van der Waals surface area contributed by atoms with Crippen LogP contribution in [0.3, 0.4) is 0 Å². The fourth-order valence-electron chi connectivity index (χ4n) is 1.58. The van der Waals surface area contributed by atoms with Crippen molar-refractivity contribution < 1.29 is 0 Å². The van der Waals surface area contributed by atoms with Crippen molar-refractivity contribution in [2.75, 3.05) is 5.32 Å². The van der Waals surface area contributed by atoms with E-state index in [0.29, 0.717) is 0 Å². The summed E-state index contributed by atoms with van der Waals surface area (Å²) in [5.41, 5.74) is 2.41. The van der Waals surface area contributed by atoms with Gasteiger partial charge in [-0.2, -0.15) is 0 Å². The Hall–Kier alpha value is -1.41. The highest BCUT2D eigenvalue weighted by molar-refractivity contribution is 7.99. The Morgan fingerprint density at radius 1 is 0.750 bits per heavy atom. The van der Waals surface area contributed by atoms with E-state index >= 15 is 0 Å². The van der Waals surface area contributed by atoms with E-state index in [-0.39, 0.29) is 0 Å². The second-order valence-electron chi connectivity index (χ2n) is 3.22. The Bertz CT molecular complexity index is 392. The van der Waals surface area contributed by atoms with Gasteiger partial charge in [0, 0.05) is 9.79 Å². The highest BCUT2D eigenvalue weighted by Gasteiger charge is 2.13. The summed E-state index contributed by atoms with van der Waals surface area (Å²) >= 11 is 1.82. The van der Waals surface area contributed by atoms with Crippen LogP contribution in [0.1, 0.15) is 13.8 Å². The lowest BCUT2D eigenvalue weighted by atomic mass is 10.2. The van der Waals surface area contributed by atoms with Gasteiger partial charge in [0.25, 0.3) is 0 Å². The first-order chi connectivity index (χ1) is 7.93. The van der Waals surface area contributed by atoms with Crippen LogP contribution in [0, 0.1) is 0 Å². The predicted octanol–water partition coefficient (Wildman–Crippen LogP) is 4.92. The molecule has 16 heavy (non-hydrogen) atoms. The molecule has 2 heteroatoms. The standard InChI is InChI=1S/C12H9NS.C2H6/c1-3-7-11-9(5-1)13-10-6-2-4-8-12(10)14-11;1-2/h1-8,13H;1-2H3. The molecule has 0 spiro atoms. The lowest BCUT2D eigenvalue weighted by Gasteiger charge is -2.19. The van der Waals surface area contributed by atoms with Gasteiger partial charge in [0.1, 0.15) is 0 Å². The Morgan fingerprint density at radius 2 is 1.19 bits per heavy atom. The molecule has 0 unspecified atom stereocenters. The van der Waals surface area contributed by atoms with Crippen LogP contribution in [0.4, 0.5) is 11.4 Å². The number of rotatable bonds is 0. The molecule has 1 nitrogen and oxygen atoms in total. The second kappa shape index (κ2) is 5.08. The predicted molar refractivity (Wildman–Crippen MR) is 71.6 cm³/mol. The monoisotopic (exact) mass is 229 g/mol. The van der Waals surface area contributed by atoms with Crippen molar-refractivity contribution in [2.24, 2.45) is 0 Å². The van der Waals surface area contributed by atoms with Crippen LogP contribution in [-0.2, 0) is 0 Å². The SMILES string of the molecule is CC.c1ccc2c(c1)Nc1ccccc1S2. The molecule has 2 aromatic carbocycles. The van der Waals surface area contributed by atoms with Crippen molar-refractivity contribution in [1.82, 2.24) is 0 Å². The van der Waals surface area contributed by atoms with Gasteiger partial charge in [-0.3, -0.25) is 0 Å². The number of benzene rings is 2. The Morgan fingerprint density at radius 3 is 1.69 bits per heavy atom. The van der Waals surface area contributed by atoms with Crippen LogP contribution in [-0.4, -0.2) is 0 Å². The molecule has 0 radical (unpaired) electrons. The maximum absolute atomic E-state index is 3.42. The number of nitrogens with one attached hydrogen (secondary N) is 1. The smallest absolute Gasteiger partial charge is 0.0526 e. The number of para-hydroxylation sites is 2. The maximum Gasteiger partial charge on any atom is 0.0526 e. The Labute approximate surface area is 101 Å². The van der Waals surface area contributed by atoms with Gasteiger partial charge in [0.2, 0.25) is 0 Å². The first kappa shape index (κ1) is 11.1. The van der Waals surface area contributed by atoms with Gasteiger partial charge in [-0.05, 0) is 24.3 Å². The van der Waals surface area contributed by atoms with Gasteiger partial charge in [0.15, 0.2) is 0 Å². The van der Waals surface area contributed by atoms with Crippen LogP contribution < -0.4 is 5.32 Å². The number of anilines is 2. The van der Waals surface area contributed by atoms with E-state index in [0.717, 1.165) is 0 Å². The first-order valence-electron chi connectivity index (χ1n) is 5.56. The lowest BCUT2D eigenvalue weighted by molar-refractivity contribution is 1.32. The Balaban J connectivity index is 0.000000457. The summed E-state index contributed by atoms with van der Waals surface area (Å²) in [5, 5.41) is 3.42. The molecule has 2 aromatic rings. The summed E-state index contributed by atoms with van der Waals surface area (Å²) in [6.07, 6.45) is 0. The molecule has 0 bridgehead atoms. The highest BCUT2D eigenvalue weighted by Crippen LogP contribution is 2.43. The van der Waals surface area contributed by atoms with Gasteiger partial charge in [-0.1, -0.05) is 49.9 Å². The zero-order chi connectivity index (χ0) is 11.4. The minimum Gasteiger partial charge on any atom is -0.354 e. The largest absolute Gasteiger partial charge is 0.354 e. The fraction of sp³-hybridized carbons (Fsp3) is 0.143. The van der Waals surface area contributed by atoms with Crippen LogP contribution >= 0.6 is 11.8 Å². The molecule has 0 fully saturated rings. The summed E-state index contributed by atoms with van der Waals surface area (Å²) in [4.78, 5) is 2.59. The van der Waals surface area contributed by atoms with Crippen molar-refractivity contribution in [3.63, 3.8) is 0 Å². The number of hydrogen-bond acceptors (Lipinski definition) is 2. The van der Waals surface area contributed by atoms with E-state index < -0.39 is 0 Å². The third-order valence-corrected chi connectivity index (χ3v) is 3.42. The third-order valence-electron chi connectivity index (χ3n) is 2.26. The summed E-state index contributed by atoms with van der Waals surface area (Å²) in [5.74, 6) is 0. The summed E-state index contributed by atoms with van der Waals surface area (Å²) in [7, 11) is 0. The summed E-state index contributed by atoms with van der Waals surface area (Å²) in [6.45, 7) is 4.00. The van der Waals surface area contributed by atoms with Gasteiger partial charge in [0.05, 0.1) is 11.4 Å². The lowest BCUT2D eigenvalue weighted by Crippen LogP contribution is -1.98. The fourth-order valence-corrected chi connectivity index (χ4v) is 2.57. The van der Waals surface area contributed by atoms with Crippen molar-refractivity contribution in [3.05, 3.63) is 48.5 Å². The van der Waals surface area contributed by atoms with E-state index in [9.17, 15) is 0 Å². The zero-order valence-corrected chi connectivity index (χ0v) is 10.3. The molecule has 1 aliphatic rings. The minimum atomic E-state index is 1.20. The summed E-state index contributed by atoms with van der Waals surface area (Å²) < 4.78 is 0. The molecule has 0 amide bonds. The van der Waals surface area contributed by atoms with Crippen LogP contribution in [0.25, 0.3) is 0 Å². The molecule has 0 aromatic heterocycles. The molecule has 1 heterocycles. The van der Waals surface area contributed by atoms with E-state index in [1.165, 1.54) is 21.2 Å². The average molecular weight is 229 g/mol. The Kier molecular flexibility index (Phi) is 3.52. The van der Waals surface area contributed by atoms with E-state index in [1.807, 2.05) is 25.6 Å². The average Bonchev–Trinajstić information content (AvgIpc) is 2.38. The van der Waals surface area contributed by atoms with E-state index in [4.69, 9.17) is 0 Å². The molecular weight excluding hydrogens is 214 g/mol. The number of hydrogen-bond donors (Lipinski definition) is 1. The normalized spacial score (nSPS) is 11.4. The van der Waals surface area contributed by atoms with Crippen LogP contribution in [0.5, 0.6) is 0 Å². The van der Waals surface area contributed by atoms with Crippen molar-refractivity contribution in [1.29, 1.82) is 0 Å². The molecule has 1 N–H and O–H groups in total. The van der Waals surface area contributed by atoms with Gasteiger partial charge in [-0.25, -0.2) is 0 Å². The van der Waals surface area contributed by atoms with Crippen LogP contribution in [0.2, 0.25) is 0 Å². The minimum absolute atomic E-state index is 1.20. The molecule has 0 atom stereocenters. The van der Waals surface area contributed by atoms with Gasteiger partial charge < -0.3 is 5.32 Å². The molecule has 82 valence electrons. The van der Waals surface area contributed by atoms with Gasteiger partial charge >= 0.3 is 0 Å². The molecule has 0 saturated heterocycles. The molecule has 0 saturated carbocycles. The zero-order valence-electron chi connectivity index (χ0n) is 9.53. The van der Waals surface area contributed by atoms with Crippen LogP contribution in [0.15, 0.2) is 58.3 Å². The first-order valence-corrected chi connectivity index (χ1v) is 6.38. The maximum atomic E-state index is 3.42. The third kappa shape index (κ3) is 2.07. The van der Waals surface area contributed by atoms with Crippen molar-refractivity contribution in [2.45, 2.75) is 23.6 Å². The number of fused-ring (bicyclic) bond motifs is 2. The molecular formula is C14H15NS. The van der Waals surface area contributed by atoms with Crippen molar-refractivity contribution >= 4 is 23.1 Å². The van der Waals surface area contributed by atoms with E-state index in [1.54, 1.807) is 0 Å². The molecule has 1 aliphatic heterocycles. The molecule has 3 rings (SSSR count). The van der Waals surface area contributed by atoms with E-state index in [2.05, 4.69) is 53.8 Å². The quantitative estimate of drug-likeness (QED) is 0.587. The highest BCUT2D eigenvalue weighted by atomic mass is 32.2. The summed E-state index contributed by atoms with van der Waals surface area (Å²) in [6, 6.07) is 16.8. The molecule has 0 aliphatic carbocycles.